The molecule has 2 aromatic rings. The van der Waals surface area contributed by atoms with Crippen LogP contribution in [0.2, 0.25) is 5.02 Å². The van der Waals surface area contributed by atoms with Gasteiger partial charge in [-0.05, 0) is 41.3 Å². The summed E-state index contributed by atoms with van der Waals surface area (Å²) < 4.78 is 5.73. The van der Waals surface area contributed by atoms with Gasteiger partial charge in [0.25, 0.3) is 0 Å². The van der Waals surface area contributed by atoms with E-state index >= 15 is 0 Å². The summed E-state index contributed by atoms with van der Waals surface area (Å²) in [5.74, 6) is 1.28. The fourth-order valence-corrected chi connectivity index (χ4v) is 2.02. The van der Waals surface area contributed by atoms with Crippen LogP contribution in [-0.4, -0.2) is 0 Å². The maximum atomic E-state index is 8.80. The number of rotatable bonds is 2. The van der Waals surface area contributed by atoms with Gasteiger partial charge >= 0.3 is 0 Å². The maximum Gasteiger partial charge on any atom is 0.146 e. The van der Waals surface area contributed by atoms with Crippen molar-refractivity contribution in [2.75, 3.05) is 0 Å². The van der Waals surface area contributed by atoms with E-state index in [9.17, 15) is 0 Å². The molecule has 0 atom stereocenters. The van der Waals surface area contributed by atoms with Crippen LogP contribution in [0.5, 0.6) is 11.5 Å². The Bertz CT molecular complexity index is 648. The van der Waals surface area contributed by atoms with Crippen LogP contribution in [0.25, 0.3) is 0 Å². The van der Waals surface area contributed by atoms with E-state index in [1.165, 1.54) is 5.56 Å². The summed E-state index contributed by atoms with van der Waals surface area (Å²) in [6, 6.07) is 15.0. The summed E-state index contributed by atoms with van der Waals surface area (Å²) in [6.07, 6.45) is 0. The van der Waals surface area contributed by atoms with Crippen molar-refractivity contribution in [1.29, 1.82) is 5.26 Å². The normalized spacial score (nSPS) is 10.9. The van der Waals surface area contributed by atoms with Crippen molar-refractivity contribution in [3.05, 3.63) is 58.6 Å². The minimum atomic E-state index is 0.116. The van der Waals surface area contributed by atoms with E-state index in [4.69, 9.17) is 21.6 Å². The molecule has 0 aliphatic heterocycles. The molecule has 0 unspecified atom stereocenters. The second kappa shape index (κ2) is 5.56. The Morgan fingerprint density at radius 3 is 2.20 bits per heavy atom. The topological polar surface area (TPSA) is 33.0 Å². The second-order valence-electron chi connectivity index (χ2n) is 5.63. The highest BCUT2D eigenvalue weighted by Crippen LogP contribution is 2.31. The Balaban J connectivity index is 2.21. The van der Waals surface area contributed by atoms with Crippen LogP contribution < -0.4 is 4.74 Å². The van der Waals surface area contributed by atoms with E-state index in [0.717, 1.165) is 5.75 Å². The number of benzene rings is 2. The molecule has 0 bridgehead atoms. The third kappa shape index (κ3) is 3.31. The average molecular weight is 286 g/mol. The molecule has 2 rings (SSSR count). The molecule has 0 spiro atoms. The summed E-state index contributed by atoms with van der Waals surface area (Å²) in [5.41, 5.74) is 1.88. The average Bonchev–Trinajstić information content (AvgIpc) is 2.40. The van der Waals surface area contributed by atoms with Gasteiger partial charge in [-0.25, -0.2) is 0 Å². The quantitative estimate of drug-likeness (QED) is 0.750. The number of nitriles is 1. The van der Waals surface area contributed by atoms with Crippen LogP contribution in [0.1, 0.15) is 31.9 Å². The fourth-order valence-electron chi connectivity index (χ4n) is 1.80. The first-order valence-corrected chi connectivity index (χ1v) is 6.76. The van der Waals surface area contributed by atoms with Gasteiger partial charge in [-0.2, -0.15) is 5.26 Å². The number of nitrogens with zero attached hydrogens (tertiary/aromatic N) is 1. The highest BCUT2D eigenvalue weighted by molar-refractivity contribution is 6.32. The molecule has 102 valence electrons. The monoisotopic (exact) mass is 285 g/mol. The minimum Gasteiger partial charge on any atom is -0.456 e. The minimum absolute atomic E-state index is 0.116. The van der Waals surface area contributed by atoms with E-state index in [2.05, 4.69) is 20.8 Å². The van der Waals surface area contributed by atoms with Crippen LogP contribution in [0.3, 0.4) is 0 Å². The van der Waals surface area contributed by atoms with Gasteiger partial charge in [0.1, 0.15) is 11.5 Å². The van der Waals surface area contributed by atoms with E-state index in [1.807, 2.05) is 30.3 Å². The number of hydrogen-bond donors (Lipinski definition) is 0. The Labute approximate surface area is 124 Å². The molecule has 0 aromatic heterocycles. The Hall–Kier alpha value is -1.98. The summed E-state index contributed by atoms with van der Waals surface area (Å²) in [5, 5.41) is 9.23. The molecule has 0 saturated heterocycles. The van der Waals surface area contributed by atoms with Crippen molar-refractivity contribution < 1.29 is 4.74 Å². The van der Waals surface area contributed by atoms with E-state index in [1.54, 1.807) is 18.2 Å². The van der Waals surface area contributed by atoms with Gasteiger partial charge in [0.05, 0.1) is 16.7 Å². The molecular formula is C17H16ClNO. The lowest BCUT2D eigenvalue weighted by molar-refractivity contribution is 0.481. The van der Waals surface area contributed by atoms with E-state index in [0.29, 0.717) is 16.3 Å². The molecule has 0 aliphatic carbocycles. The Morgan fingerprint density at radius 2 is 1.70 bits per heavy atom. The molecule has 0 amide bonds. The van der Waals surface area contributed by atoms with Crippen molar-refractivity contribution in [3.8, 4) is 17.6 Å². The van der Waals surface area contributed by atoms with E-state index < -0.39 is 0 Å². The molecule has 0 aliphatic rings. The smallest absolute Gasteiger partial charge is 0.146 e. The largest absolute Gasteiger partial charge is 0.456 e. The van der Waals surface area contributed by atoms with Crippen molar-refractivity contribution in [2.24, 2.45) is 0 Å². The lowest BCUT2D eigenvalue weighted by Crippen LogP contribution is -2.10. The highest BCUT2D eigenvalue weighted by Gasteiger charge is 2.13. The van der Waals surface area contributed by atoms with Gasteiger partial charge in [-0.3, -0.25) is 0 Å². The zero-order chi connectivity index (χ0) is 14.8. The van der Waals surface area contributed by atoms with Gasteiger partial charge in [0.2, 0.25) is 0 Å². The Kier molecular flexibility index (Phi) is 4.01. The molecule has 0 radical (unpaired) electrons. The zero-order valence-corrected chi connectivity index (χ0v) is 12.5. The number of ether oxygens (including phenoxy) is 1. The van der Waals surface area contributed by atoms with Crippen molar-refractivity contribution in [3.63, 3.8) is 0 Å². The molecular weight excluding hydrogens is 270 g/mol. The first kappa shape index (κ1) is 14.4. The van der Waals surface area contributed by atoms with Crippen molar-refractivity contribution in [2.45, 2.75) is 26.2 Å². The third-order valence-electron chi connectivity index (χ3n) is 3.01. The lowest BCUT2D eigenvalue weighted by Gasteiger charge is -2.19. The summed E-state index contributed by atoms with van der Waals surface area (Å²) in [7, 11) is 0. The predicted octanol–water partition coefficient (Wildman–Crippen LogP) is 5.30. The van der Waals surface area contributed by atoms with Crippen LogP contribution in [0.4, 0.5) is 0 Å². The first-order valence-electron chi connectivity index (χ1n) is 6.38. The molecule has 20 heavy (non-hydrogen) atoms. The second-order valence-corrected chi connectivity index (χ2v) is 6.04. The highest BCUT2D eigenvalue weighted by atomic mass is 35.5. The van der Waals surface area contributed by atoms with Crippen molar-refractivity contribution >= 4 is 11.6 Å². The van der Waals surface area contributed by atoms with E-state index in [-0.39, 0.29) is 5.41 Å². The SMILES string of the molecule is CC(C)(C)c1ccc(Oc2ccc(C#N)cc2Cl)cc1. The fraction of sp³-hybridized carbons (Fsp3) is 0.235. The summed E-state index contributed by atoms with van der Waals surface area (Å²) in [4.78, 5) is 0. The van der Waals surface area contributed by atoms with Gasteiger partial charge in [-0.1, -0.05) is 44.5 Å². The molecule has 0 fully saturated rings. The molecule has 0 heterocycles. The van der Waals surface area contributed by atoms with Gasteiger partial charge < -0.3 is 4.74 Å². The molecule has 3 heteroatoms. The van der Waals surface area contributed by atoms with Crippen LogP contribution in [0.15, 0.2) is 42.5 Å². The van der Waals surface area contributed by atoms with Crippen molar-refractivity contribution in [1.82, 2.24) is 0 Å². The maximum absolute atomic E-state index is 8.80. The van der Waals surface area contributed by atoms with Crippen LogP contribution in [0, 0.1) is 11.3 Å². The lowest BCUT2D eigenvalue weighted by atomic mass is 9.87. The molecule has 2 nitrogen and oxygen atoms in total. The summed E-state index contributed by atoms with van der Waals surface area (Å²) in [6.45, 7) is 6.50. The van der Waals surface area contributed by atoms with Gasteiger partial charge in [0.15, 0.2) is 0 Å². The van der Waals surface area contributed by atoms with Crippen LogP contribution in [-0.2, 0) is 5.41 Å². The number of halogens is 1. The predicted molar refractivity (Wildman–Crippen MR) is 81.4 cm³/mol. The van der Waals surface area contributed by atoms with Gasteiger partial charge in [-0.15, -0.1) is 0 Å². The number of hydrogen-bond acceptors (Lipinski definition) is 2. The van der Waals surface area contributed by atoms with Crippen LogP contribution >= 0.6 is 11.6 Å². The third-order valence-corrected chi connectivity index (χ3v) is 3.30. The molecule has 2 aromatic carbocycles. The standard InChI is InChI=1S/C17H16ClNO/c1-17(2,3)13-5-7-14(8-6-13)20-16-9-4-12(11-19)10-15(16)18/h4-10H,1-3H3. The Morgan fingerprint density at radius 1 is 1.05 bits per heavy atom. The molecule has 0 N–H and O–H groups in total. The first-order chi connectivity index (χ1) is 9.40. The van der Waals surface area contributed by atoms with Gasteiger partial charge in [0, 0.05) is 0 Å². The summed E-state index contributed by atoms with van der Waals surface area (Å²) >= 11 is 6.09. The zero-order valence-electron chi connectivity index (χ0n) is 11.8. The molecule has 0 saturated carbocycles.